The van der Waals surface area contributed by atoms with E-state index in [1.54, 1.807) is 0 Å². The van der Waals surface area contributed by atoms with Gasteiger partial charge in [0.15, 0.2) is 18.1 Å². The van der Waals surface area contributed by atoms with Crippen LogP contribution in [0.2, 0.25) is 0 Å². The van der Waals surface area contributed by atoms with Crippen LogP contribution in [-0.4, -0.2) is 44.1 Å². The van der Waals surface area contributed by atoms with E-state index in [0.29, 0.717) is 24.0 Å². The summed E-state index contributed by atoms with van der Waals surface area (Å²) in [5, 5.41) is 3.22. The van der Waals surface area contributed by atoms with Gasteiger partial charge in [0.1, 0.15) is 6.61 Å². The molecular weight excluding hydrogens is 376 g/mol. The van der Waals surface area contributed by atoms with Gasteiger partial charge in [-0.2, -0.15) is 0 Å². The maximum Gasteiger partial charge on any atom is 0.260 e. The van der Waals surface area contributed by atoms with Gasteiger partial charge in [0.25, 0.3) is 5.91 Å². The van der Waals surface area contributed by atoms with Gasteiger partial charge in [-0.1, -0.05) is 42.5 Å². The molecule has 1 N–H and O–H groups in total. The molecule has 1 heterocycles. The Morgan fingerprint density at radius 3 is 2.25 bits per heavy atom. The summed E-state index contributed by atoms with van der Waals surface area (Å²) in [6.07, 6.45) is 2.09. The molecule has 2 aromatic carbocycles. The Labute approximate surface area is 173 Å². The molecule has 0 aliphatic carbocycles. The van der Waals surface area contributed by atoms with Crippen LogP contribution in [0.15, 0.2) is 54.6 Å². The van der Waals surface area contributed by atoms with Crippen molar-refractivity contribution < 1.29 is 14.3 Å². The molecule has 152 valence electrons. The van der Waals surface area contributed by atoms with Crippen molar-refractivity contribution in [3.63, 3.8) is 0 Å². The third kappa shape index (κ3) is 6.43. The number of amides is 1. The summed E-state index contributed by atoms with van der Waals surface area (Å²) >= 11 is 0. The number of nitrogens with zero attached hydrogens (tertiary/aromatic N) is 1. The second kappa shape index (κ2) is 11.6. The van der Waals surface area contributed by atoms with Crippen molar-refractivity contribution in [2.75, 3.05) is 33.3 Å². The third-order valence-corrected chi connectivity index (χ3v) is 4.90. The molecule has 6 heteroatoms. The Morgan fingerprint density at radius 1 is 1.00 bits per heavy atom. The van der Waals surface area contributed by atoms with E-state index in [9.17, 15) is 4.79 Å². The normalized spacial score (nSPS) is 14.2. The highest BCUT2D eigenvalue weighted by atomic mass is 35.5. The van der Waals surface area contributed by atoms with E-state index in [1.165, 1.54) is 0 Å². The molecule has 0 spiro atoms. The van der Waals surface area contributed by atoms with Crippen molar-refractivity contribution in [1.82, 2.24) is 10.2 Å². The maximum atomic E-state index is 12.5. The third-order valence-electron chi connectivity index (χ3n) is 4.90. The molecule has 0 aromatic heterocycles. The molecular formula is C22H29ClN2O3. The standard InChI is InChI=1S/C22H28N2O3.ClH/c1-23-15-18-11-13-24(14-12-18)22(25)17-27-21-10-6-5-9-20(21)26-16-19-7-3-2-4-8-19;/h2-10,18,23H,11-17H2,1H3;1H. The van der Waals surface area contributed by atoms with Crippen LogP contribution in [0, 0.1) is 5.92 Å². The van der Waals surface area contributed by atoms with Gasteiger partial charge in [0.2, 0.25) is 0 Å². The Bertz CT molecular complexity index is 719. The van der Waals surface area contributed by atoms with E-state index in [4.69, 9.17) is 9.47 Å². The summed E-state index contributed by atoms with van der Waals surface area (Å²) in [4.78, 5) is 14.4. The summed E-state index contributed by atoms with van der Waals surface area (Å²) in [5.74, 6) is 1.96. The average molecular weight is 405 g/mol. The van der Waals surface area contributed by atoms with E-state index in [0.717, 1.165) is 38.0 Å². The minimum Gasteiger partial charge on any atom is -0.485 e. The van der Waals surface area contributed by atoms with Crippen molar-refractivity contribution in [1.29, 1.82) is 0 Å². The van der Waals surface area contributed by atoms with Gasteiger partial charge in [-0.25, -0.2) is 0 Å². The van der Waals surface area contributed by atoms with E-state index in [-0.39, 0.29) is 24.9 Å². The first kappa shape index (κ1) is 22.1. The predicted molar refractivity (Wildman–Crippen MR) is 113 cm³/mol. The molecule has 1 amide bonds. The molecule has 0 unspecified atom stereocenters. The van der Waals surface area contributed by atoms with Crippen molar-refractivity contribution in [2.45, 2.75) is 19.4 Å². The first-order valence-electron chi connectivity index (χ1n) is 9.57. The number of benzene rings is 2. The van der Waals surface area contributed by atoms with Crippen LogP contribution in [-0.2, 0) is 11.4 Å². The highest BCUT2D eigenvalue weighted by molar-refractivity contribution is 5.85. The molecule has 1 fully saturated rings. The smallest absolute Gasteiger partial charge is 0.260 e. The SMILES string of the molecule is CNCC1CCN(C(=O)COc2ccccc2OCc2ccccc2)CC1.Cl. The predicted octanol–water partition coefficient (Wildman–Crippen LogP) is 3.52. The Kier molecular flexibility index (Phi) is 9.11. The molecule has 1 aliphatic rings. The molecule has 0 atom stereocenters. The Balaban J connectivity index is 0.00000280. The van der Waals surface area contributed by atoms with Gasteiger partial charge in [0.05, 0.1) is 0 Å². The minimum atomic E-state index is 0. The lowest BCUT2D eigenvalue weighted by Crippen LogP contribution is -2.42. The maximum absolute atomic E-state index is 12.5. The Morgan fingerprint density at radius 2 is 1.61 bits per heavy atom. The molecule has 5 nitrogen and oxygen atoms in total. The number of carbonyl (C=O) groups is 1. The number of hydrogen-bond donors (Lipinski definition) is 1. The van der Waals surface area contributed by atoms with Gasteiger partial charge in [0, 0.05) is 13.1 Å². The van der Waals surface area contributed by atoms with Crippen molar-refractivity contribution in [3.8, 4) is 11.5 Å². The topological polar surface area (TPSA) is 50.8 Å². The number of piperidine rings is 1. The van der Waals surface area contributed by atoms with Crippen LogP contribution in [0.1, 0.15) is 18.4 Å². The molecule has 1 aliphatic heterocycles. The number of likely N-dealkylation sites (tertiary alicyclic amines) is 1. The number of nitrogens with one attached hydrogen (secondary N) is 1. The highest BCUT2D eigenvalue weighted by Gasteiger charge is 2.22. The van der Waals surface area contributed by atoms with Gasteiger partial charge in [-0.15, -0.1) is 12.4 Å². The zero-order valence-electron chi connectivity index (χ0n) is 16.3. The first-order valence-corrected chi connectivity index (χ1v) is 9.57. The number of hydrogen-bond acceptors (Lipinski definition) is 4. The lowest BCUT2D eigenvalue weighted by Gasteiger charge is -2.31. The lowest BCUT2D eigenvalue weighted by molar-refractivity contribution is -0.134. The van der Waals surface area contributed by atoms with E-state index >= 15 is 0 Å². The molecule has 28 heavy (non-hydrogen) atoms. The molecule has 0 saturated carbocycles. The number of ether oxygens (including phenoxy) is 2. The molecule has 3 rings (SSSR count). The fourth-order valence-corrected chi connectivity index (χ4v) is 3.33. The molecule has 1 saturated heterocycles. The number of para-hydroxylation sites is 2. The fraction of sp³-hybridized carbons (Fsp3) is 0.409. The quantitative estimate of drug-likeness (QED) is 0.731. The fourth-order valence-electron chi connectivity index (χ4n) is 3.33. The van der Waals surface area contributed by atoms with Crippen LogP contribution in [0.5, 0.6) is 11.5 Å². The number of carbonyl (C=O) groups excluding carboxylic acids is 1. The first-order chi connectivity index (χ1) is 13.3. The summed E-state index contributed by atoms with van der Waals surface area (Å²) in [5.41, 5.74) is 1.09. The van der Waals surface area contributed by atoms with Crippen LogP contribution in [0.4, 0.5) is 0 Å². The zero-order valence-corrected chi connectivity index (χ0v) is 17.1. The van der Waals surface area contributed by atoms with Crippen molar-refractivity contribution in [2.24, 2.45) is 5.92 Å². The molecule has 0 bridgehead atoms. The number of rotatable bonds is 8. The van der Waals surface area contributed by atoms with E-state index < -0.39 is 0 Å². The van der Waals surface area contributed by atoms with E-state index in [1.807, 2.05) is 66.5 Å². The highest BCUT2D eigenvalue weighted by Crippen LogP contribution is 2.27. The van der Waals surface area contributed by atoms with Crippen LogP contribution in [0.3, 0.4) is 0 Å². The minimum absolute atomic E-state index is 0. The van der Waals surface area contributed by atoms with Crippen molar-refractivity contribution in [3.05, 3.63) is 60.2 Å². The summed E-state index contributed by atoms with van der Waals surface area (Å²) in [6, 6.07) is 17.5. The second-order valence-corrected chi connectivity index (χ2v) is 6.89. The van der Waals surface area contributed by atoms with Crippen LogP contribution in [0.25, 0.3) is 0 Å². The summed E-state index contributed by atoms with van der Waals surface area (Å²) in [6.45, 7) is 3.14. The van der Waals surface area contributed by atoms with Gasteiger partial charge in [-0.05, 0) is 50.0 Å². The van der Waals surface area contributed by atoms with E-state index in [2.05, 4.69) is 5.32 Å². The Hall–Kier alpha value is -2.24. The average Bonchev–Trinajstić information content (AvgIpc) is 2.72. The van der Waals surface area contributed by atoms with Crippen LogP contribution >= 0.6 is 12.4 Å². The van der Waals surface area contributed by atoms with Gasteiger partial charge in [-0.3, -0.25) is 4.79 Å². The summed E-state index contributed by atoms with van der Waals surface area (Å²) in [7, 11) is 1.97. The van der Waals surface area contributed by atoms with Gasteiger partial charge >= 0.3 is 0 Å². The molecule has 0 radical (unpaired) electrons. The lowest BCUT2D eigenvalue weighted by atomic mass is 9.97. The largest absolute Gasteiger partial charge is 0.485 e. The van der Waals surface area contributed by atoms with Gasteiger partial charge < -0.3 is 19.7 Å². The monoisotopic (exact) mass is 404 g/mol. The summed E-state index contributed by atoms with van der Waals surface area (Å²) < 4.78 is 11.7. The zero-order chi connectivity index (χ0) is 18.9. The van der Waals surface area contributed by atoms with Crippen molar-refractivity contribution >= 4 is 18.3 Å². The molecule has 2 aromatic rings. The van der Waals surface area contributed by atoms with Crippen LogP contribution < -0.4 is 14.8 Å². The second-order valence-electron chi connectivity index (χ2n) is 6.89. The number of halogens is 1.